The Morgan fingerprint density at radius 3 is 2.87 bits per heavy atom. The third-order valence-electron chi connectivity index (χ3n) is 2.49. The molecule has 0 saturated carbocycles. The Bertz CT molecular complexity index is 248. The molecule has 1 rings (SSSR count). The Kier molecular flexibility index (Phi) is 5.91. The molecule has 0 aromatic carbocycles. The summed E-state index contributed by atoms with van der Waals surface area (Å²) in [6.45, 7) is 6.24. The Morgan fingerprint density at radius 2 is 2.33 bits per heavy atom. The first kappa shape index (κ1) is 12.7. The smallest absolute Gasteiger partial charge is 0.0488 e. The van der Waals surface area contributed by atoms with E-state index in [9.17, 15) is 0 Å². The summed E-state index contributed by atoms with van der Waals surface area (Å²) in [5.74, 6) is 0.596. The van der Waals surface area contributed by atoms with Crippen molar-refractivity contribution in [3.8, 4) is 0 Å². The molecule has 0 aliphatic carbocycles. The molecular weight excluding hydrogens is 206 g/mol. The van der Waals surface area contributed by atoms with Crippen LogP contribution in [0.15, 0.2) is 16.8 Å². The molecule has 0 saturated heterocycles. The summed E-state index contributed by atoms with van der Waals surface area (Å²) in [7, 11) is 1.77. The highest BCUT2D eigenvalue weighted by Crippen LogP contribution is 2.23. The Labute approximate surface area is 96.7 Å². The predicted octanol–water partition coefficient (Wildman–Crippen LogP) is 3.07. The maximum absolute atomic E-state index is 5.17. The van der Waals surface area contributed by atoms with Gasteiger partial charge in [0.2, 0.25) is 0 Å². The van der Waals surface area contributed by atoms with Crippen molar-refractivity contribution in [1.29, 1.82) is 0 Å². The van der Waals surface area contributed by atoms with Crippen molar-refractivity contribution in [1.82, 2.24) is 5.32 Å². The van der Waals surface area contributed by atoms with Crippen LogP contribution in [0.1, 0.15) is 31.9 Å². The molecule has 3 heteroatoms. The number of hydrogen-bond donors (Lipinski definition) is 1. The molecule has 15 heavy (non-hydrogen) atoms. The van der Waals surface area contributed by atoms with Crippen molar-refractivity contribution in [2.75, 3.05) is 20.3 Å². The largest absolute Gasteiger partial charge is 0.384 e. The fraction of sp³-hybridized carbons (Fsp3) is 0.667. The molecule has 1 N–H and O–H groups in total. The first-order valence-corrected chi connectivity index (χ1v) is 6.46. The lowest BCUT2D eigenvalue weighted by molar-refractivity contribution is 0.149. The third-order valence-corrected chi connectivity index (χ3v) is 3.19. The van der Waals surface area contributed by atoms with Gasteiger partial charge in [-0.25, -0.2) is 0 Å². The van der Waals surface area contributed by atoms with Crippen LogP contribution in [0, 0.1) is 5.92 Å². The van der Waals surface area contributed by atoms with Crippen LogP contribution < -0.4 is 5.32 Å². The van der Waals surface area contributed by atoms with E-state index in [0.29, 0.717) is 12.0 Å². The number of hydrogen-bond acceptors (Lipinski definition) is 3. The number of methoxy groups -OCH3 is 1. The first-order valence-electron chi connectivity index (χ1n) is 5.52. The summed E-state index contributed by atoms with van der Waals surface area (Å²) in [4.78, 5) is 0. The monoisotopic (exact) mass is 227 g/mol. The van der Waals surface area contributed by atoms with Crippen molar-refractivity contribution in [3.63, 3.8) is 0 Å². The molecule has 2 atom stereocenters. The van der Waals surface area contributed by atoms with E-state index in [1.165, 1.54) is 5.56 Å². The van der Waals surface area contributed by atoms with E-state index in [4.69, 9.17) is 4.74 Å². The summed E-state index contributed by atoms with van der Waals surface area (Å²) in [5, 5.41) is 7.89. The molecule has 1 aromatic rings. The van der Waals surface area contributed by atoms with Gasteiger partial charge in [0.1, 0.15) is 0 Å². The van der Waals surface area contributed by atoms with Crippen molar-refractivity contribution in [3.05, 3.63) is 22.4 Å². The number of rotatable bonds is 7. The minimum atomic E-state index is 0.478. The Hall–Kier alpha value is -0.380. The van der Waals surface area contributed by atoms with E-state index < -0.39 is 0 Å². The molecule has 0 bridgehead atoms. The molecule has 0 fully saturated rings. The van der Waals surface area contributed by atoms with Crippen LogP contribution in [0.3, 0.4) is 0 Å². The second kappa shape index (κ2) is 6.99. The highest BCUT2D eigenvalue weighted by Gasteiger charge is 2.14. The minimum absolute atomic E-state index is 0.478. The van der Waals surface area contributed by atoms with Crippen molar-refractivity contribution in [2.24, 2.45) is 5.92 Å². The standard InChI is InChI=1S/C12H21NOS/c1-4-13-12(7-10(2)8-14-3)11-5-6-15-9-11/h5-6,9-10,12-13H,4,7-8H2,1-3H3. The fourth-order valence-corrected chi connectivity index (χ4v) is 2.53. The summed E-state index contributed by atoms with van der Waals surface area (Å²) in [5.41, 5.74) is 1.41. The molecule has 0 aliphatic heterocycles. The van der Waals surface area contributed by atoms with Gasteiger partial charge in [-0.3, -0.25) is 0 Å². The van der Waals surface area contributed by atoms with E-state index >= 15 is 0 Å². The van der Waals surface area contributed by atoms with Crippen LogP contribution in [0.4, 0.5) is 0 Å². The summed E-state index contributed by atoms with van der Waals surface area (Å²) >= 11 is 1.76. The van der Waals surface area contributed by atoms with E-state index in [1.54, 1.807) is 18.4 Å². The van der Waals surface area contributed by atoms with Gasteiger partial charge in [-0.1, -0.05) is 13.8 Å². The lowest BCUT2D eigenvalue weighted by atomic mass is 9.98. The molecule has 2 unspecified atom stereocenters. The SMILES string of the molecule is CCNC(CC(C)COC)c1ccsc1. The number of nitrogens with one attached hydrogen (secondary N) is 1. The zero-order valence-corrected chi connectivity index (χ0v) is 10.6. The zero-order valence-electron chi connectivity index (χ0n) is 9.82. The normalized spacial score (nSPS) is 15.1. The Balaban J connectivity index is 2.51. The highest BCUT2D eigenvalue weighted by molar-refractivity contribution is 7.07. The van der Waals surface area contributed by atoms with E-state index in [2.05, 4.69) is 36.0 Å². The lowest BCUT2D eigenvalue weighted by Crippen LogP contribution is -2.23. The number of thiophene rings is 1. The highest BCUT2D eigenvalue weighted by atomic mass is 32.1. The van der Waals surface area contributed by atoms with Crippen LogP contribution in [0.25, 0.3) is 0 Å². The molecular formula is C12H21NOS. The Morgan fingerprint density at radius 1 is 1.53 bits per heavy atom. The van der Waals surface area contributed by atoms with Crippen LogP contribution in [0.5, 0.6) is 0 Å². The van der Waals surface area contributed by atoms with Gasteiger partial charge in [0.05, 0.1) is 0 Å². The van der Waals surface area contributed by atoms with Crippen LogP contribution in [0.2, 0.25) is 0 Å². The molecule has 1 heterocycles. The minimum Gasteiger partial charge on any atom is -0.384 e. The number of ether oxygens (including phenoxy) is 1. The van der Waals surface area contributed by atoms with Crippen LogP contribution in [-0.4, -0.2) is 20.3 Å². The average Bonchev–Trinajstić information content (AvgIpc) is 2.70. The van der Waals surface area contributed by atoms with E-state index in [0.717, 1.165) is 19.6 Å². The van der Waals surface area contributed by atoms with Gasteiger partial charge in [-0.2, -0.15) is 11.3 Å². The van der Waals surface area contributed by atoms with E-state index in [1.807, 2.05) is 0 Å². The second-order valence-electron chi connectivity index (χ2n) is 3.96. The van der Waals surface area contributed by atoms with Gasteiger partial charge in [0.25, 0.3) is 0 Å². The van der Waals surface area contributed by atoms with Gasteiger partial charge in [-0.05, 0) is 41.3 Å². The second-order valence-corrected chi connectivity index (χ2v) is 4.74. The van der Waals surface area contributed by atoms with E-state index in [-0.39, 0.29) is 0 Å². The fourth-order valence-electron chi connectivity index (χ4n) is 1.81. The maximum atomic E-state index is 5.17. The quantitative estimate of drug-likeness (QED) is 0.773. The van der Waals surface area contributed by atoms with Crippen LogP contribution in [-0.2, 0) is 4.74 Å². The maximum Gasteiger partial charge on any atom is 0.0488 e. The zero-order chi connectivity index (χ0) is 11.1. The topological polar surface area (TPSA) is 21.3 Å². The summed E-state index contributed by atoms with van der Waals surface area (Å²) in [6, 6.07) is 2.68. The lowest BCUT2D eigenvalue weighted by Gasteiger charge is -2.20. The van der Waals surface area contributed by atoms with Gasteiger partial charge in [0.15, 0.2) is 0 Å². The third kappa shape index (κ3) is 4.33. The molecule has 0 radical (unpaired) electrons. The summed E-state index contributed by atoms with van der Waals surface area (Å²) < 4.78 is 5.17. The van der Waals surface area contributed by atoms with Gasteiger partial charge >= 0.3 is 0 Å². The van der Waals surface area contributed by atoms with Crippen molar-refractivity contribution < 1.29 is 4.74 Å². The van der Waals surface area contributed by atoms with Crippen molar-refractivity contribution >= 4 is 11.3 Å². The van der Waals surface area contributed by atoms with Gasteiger partial charge < -0.3 is 10.1 Å². The van der Waals surface area contributed by atoms with Crippen molar-refractivity contribution in [2.45, 2.75) is 26.3 Å². The molecule has 0 aliphatic rings. The van der Waals surface area contributed by atoms with Gasteiger partial charge in [0, 0.05) is 19.8 Å². The van der Waals surface area contributed by atoms with Crippen LogP contribution >= 0.6 is 11.3 Å². The molecule has 86 valence electrons. The first-order chi connectivity index (χ1) is 7.27. The molecule has 0 amide bonds. The average molecular weight is 227 g/mol. The molecule has 0 spiro atoms. The molecule has 1 aromatic heterocycles. The molecule has 2 nitrogen and oxygen atoms in total. The predicted molar refractivity (Wildman–Crippen MR) is 66.4 cm³/mol. The van der Waals surface area contributed by atoms with Gasteiger partial charge in [-0.15, -0.1) is 0 Å². The summed E-state index contributed by atoms with van der Waals surface area (Å²) in [6.07, 6.45) is 1.14.